The first-order chi connectivity index (χ1) is 11.8. The number of nitrogens with zero attached hydrogens (tertiary/aromatic N) is 2. The summed E-state index contributed by atoms with van der Waals surface area (Å²) in [7, 11) is 3.21. The van der Waals surface area contributed by atoms with Crippen molar-refractivity contribution < 1.29 is 18.7 Å². The van der Waals surface area contributed by atoms with Crippen LogP contribution in [-0.2, 0) is 4.79 Å². The topological polar surface area (TPSA) is 71.5 Å². The molecule has 25 heavy (non-hydrogen) atoms. The van der Waals surface area contributed by atoms with E-state index in [0.29, 0.717) is 10.2 Å². The lowest BCUT2D eigenvalue weighted by molar-refractivity contribution is -0.130. The summed E-state index contributed by atoms with van der Waals surface area (Å²) in [5, 5.41) is 2.61. The highest BCUT2D eigenvalue weighted by atomic mass is 79.9. The van der Waals surface area contributed by atoms with Crippen molar-refractivity contribution in [3.63, 3.8) is 0 Å². The Morgan fingerprint density at radius 1 is 1.32 bits per heavy atom. The molecule has 0 radical (unpaired) electrons. The highest BCUT2D eigenvalue weighted by Gasteiger charge is 2.21. The fraction of sp³-hybridized carbons (Fsp3) is 0.235. The number of carbonyl (C=O) groups is 2. The van der Waals surface area contributed by atoms with Crippen LogP contribution < -0.4 is 10.1 Å². The summed E-state index contributed by atoms with van der Waals surface area (Å²) in [5.74, 6) is -0.789. The van der Waals surface area contributed by atoms with Gasteiger partial charge in [0.25, 0.3) is 5.91 Å². The molecule has 2 rings (SSSR count). The van der Waals surface area contributed by atoms with Gasteiger partial charge in [0.05, 0.1) is 4.47 Å². The van der Waals surface area contributed by atoms with Crippen LogP contribution in [0.5, 0.6) is 11.6 Å². The van der Waals surface area contributed by atoms with E-state index in [2.05, 4.69) is 26.2 Å². The number of hydrogen-bond donors (Lipinski definition) is 1. The number of hydrogen-bond acceptors (Lipinski definition) is 4. The summed E-state index contributed by atoms with van der Waals surface area (Å²) < 4.78 is 19.2. The fourth-order valence-electron chi connectivity index (χ4n) is 2.03. The van der Waals surface area contributed by atoms with E-state index in [1.54, 1.807) is 27.1 Å². The van der Waals surface area contributed by atoms with Gasteiger partial charge in [0.2, 0.25) is 11.8 Å². The minimum atomic E-state index is -0.701. The lowest BCUT2D eigenvalue weighted by Crippen LogP contribution is -2.44. The maximum atomic E-state index is 13.2. The normalized spacial score (nSPS) is 11.6. The highest BCUT2D eigenvalue weighted by Crippen LogP contribution is 2.30. The minimum absolute atomic E-state index is 0.0526. The molecular formula is C17H17BrFN3O3. The molecule has 1 aromatic heterocycles. The number of nitrogens with one attached hydrogen (secondary N) is 1. The van der Waals surface area contributed by atoms with Gasteiger partial charge < -0.3 is 15.0 Å². The Kier molecular flexibility index (Phi) is 6.08. The molecule has 1 aromatic carbocycles. The molecule has 1 N–H and O–H groups in total. The number of benzene rings is 1. The van der Waals surface area contributed by atoms with Crippen molar-refractivity contribution >= 4 is 27.7 Å². The molecule has 0 aliphatic rings. The van der Waals surface area contributed by atoms with E-state index in [4.69, 9.17) is 4.74 Å². The number of ether oxygens (including phenoxy) is 1. The van der Waals surface area contributed by atoms with Gasteiger partial charge >= 0.3 is 0 Å². The molecule has 0 saturated heterocycles. The smallest absolute Gasteiger partial charge is 0.257 e. The average molecular weight is 410 g/mol. The van der Waals surface area contributed by atoms with Gasteiger partial charge in [-0.1, -0.05) is 0 Å². The van der Waals surface area contributed by atoms with Gasteiger partial charge in [-0.15, -0.1) is 0 Å². The number of pyridine rings is 1. The van der Waals surface area contributed by atoms with E-state index in [9.17, 15) is 14.0 Å². The largest absolute Gasteiger partial charge is 0.437 e. The van der Waals surface area contributed by atoms with Gasteiger partial charge in [0.15, 0.2) is 0 Å². The van der Waals surface area contributed by atoms with E-state index in [1.165, 1.54) is 35.4 Å². The Hall–Kier alpha value is -2.48. The fourth-order valence-corrected chi connectivity index (χ4v) is 2.46. The second kappa shape index (κ2) is 8.06. The Balaban J connectivity index is 2.22. The summed E-state index contributed by atoms with van der Waals surface area (Å²) in [4.78, 5) is 29.8. The monoisotopic (exact) mass is 409 g/mol. The van der Waals surface area contributed by atoms with Crippen LogP contribution in [0.2, 0.25) is 0 Å². The molecule has 0 aliphatic heterocycles. The summed E-state index contributed by atoms with van der Waals surface area (Å²) >= 11 is 3.20. The number of carbonyl (C=O) groups excluding carboxylic acids is 2. The van der Waals surface area contributed by atoms with E-state index < -0.39 is 17.8 Å². The first-order valence-electron chi connectivity index (χ1n) is 7.39. The van der Waals surface area contributed by atoms with Gasteiger partial charge in [0, 0.05) is 20.3 Å². The molecule has 2 amide bonds. The lowest BCUT2D eigenvalue weighted by atomic mass is 10.2. The predicted molar refractivity (Wildman–Crippen MR) is 94.0 cm³/mol. The van der Waals surface area contributed by atoms with Crippen LogP contribution >= 0.6 is 15.9 Å². The molecule has 0 unspecified atom stereocenters. The Morgan fingerprint density at radius 3 is 2.68 bits per heavy atom. The van der Waals surface area contributed by atoms with Crippen molar-refractivity contribution in [1.29, 1.82) is 0 Å². The van der Waals surface area contributed by atoms with E-state index in [-0.39, 0.29) is 17.4 Å². The van der Waals surface area contributed by atoms with Gasteiger partial charge in [-0.25, -0.2) is 9.37 Å². The molecular weight excluding hydrogens is 393 g/mol. The third-order valence-corrected chi connectivity index (χ3v) is 3.89. The summed E-state index contributed by atoms with van der Waals surface area (Å²) in [6.45, 7) is 1.59. The van der Waals surface area contributed by atoms with Gasteiger partial charge in [-0.2, -0.15) is 0 Å². The number of aromatic nitrogens is 1. The summed E-state index contributed by atoms with van der Waals surface area (Å²) in [6, 6.07) is 6.32. The molecule has 6 nitrogen and oxygen atoms in total. The maximum Gasteiger partial charge on any atom is 0.257 e. The van der Waals surface area contributed by atoms with Crippen molar-refractivity contribution in [1.82, 2.24) is 15.2 Å². The first kappa shape index (κ1) is 18.9. The first-order valence-corrected chi connectivity index (χ1v) is 8.19. The van der Waals surface area contributed by atoms with Crippen molar-refractivity contribution in [2.75, 3.05) is 14.1 Å². The second-order valence-corrected chi connectivity index (χ2v) is 6.32. The van der Waals surface area contributed by atoms with Gasteiger partial charge in [0.1, 0.15) is 23.2 Å². The van der Waals surface area contributed by atoms with Crippen molar-refractivity contribution in [2.45, 2.75) is 13.0 Å². The predicted octanol–water partition coefficient (Wildman–Crippen LogP) is 2.98. The van der Waals surface area contributed by atoms with Crippen LogP contribution in [0, 0.1) is 5.82 Å². The van der Waals surface area contributed by atoms with Crippen molar-refractivity contribution in [2.24, 2.45) is 0 Å². The van der Waals surface area contributed by atoms with E-state index >= 15 is 0 Å². The standard InChI is InChI=1S/C17H17BrFN3O3/c1-10(17(24)22(2)3)21-15(23)12-5-4-8-20-16(12)25-14-7-6-11(19)9-13(14)18/h4-10H,1-3H3,(H,21,23)/t10-/m1/s1. The zero-order valence-corrected chi connectivity index (χ0v) is 15.5. The molecule has 0 saturated carbocycles. The van der Waals surface area contributed by atoms with Gasteiger partial charge in [-0.05, 0) is 53.2 Å². The molecule has 0 spiro atoms. The SMILES string of the molecule is C[C@@H](NC(=O)c1cccnc1Oc1ccc(F)cc1Br)C(=O)N(C)C. The highest BCUT2D eigenvalue weighted by molar-refractivity contribution is 9.10. The zero-order valence-electron chi connectivity index (χ0n) is 13.9. The van der Waals surface area contributed by atoms with E-state index in [0.717, 1.165) is 0 Å². The number of halogens is 2. The second-order valence-electron chi connectivity index (χ2n) is 5.46. The molecule has 2 aromatic rings. The quantitative estimate of drug-likeness (QED) is 0.823. The molecule has 132 valence electrons. The van der Waals surface area contributed by atoms with Gasteiger partial charge in [-0.3, -0.25) is 9.59 Å². The van der Waals surface area contributed by atoms with Crippen LogP contribution in [0.3, 0.4) is 0 Å². The number of likely N-dealkylation sites (N-methyl/N-ethyl adjacent to an activating group) is 1. The molecule has 1 atom stereocenters. The molecule has 0 bridgehead atoms. The summed E-state index contributed by atoms with van der Waals surface area (Å²) in [5.41, 5.74) is 0.164. The van der Waals surface area contributed by atoms with Crippen LogP contribution in [0.4, 0.5) is 4.39 Å². The van der Waals surface area contributed by atoms with Crippen LogP contribution in [0.1, 0.15) is 17.3 Å². The van der Waals surface area contributed by atoms with Crippen LogP contribution in [0.25, 0.3) is 0 Å². The summed E-state index contributed by atoms with van der Waals surface area (Å²) in [6.07, 6.45) is 1.47. The minimum Gasteiger partial charge on any atom is -0.437 e. The lowest BCUT2D eigenvalue weighted by Gasteiger charge is -2.18. The zero-order chi connectivity index (χ0) is 18.6. The molecule has 0 fully saturated rings. The third kappa shape index (κ3) is 4.76. The maximum absolute atomic E-state index is 13.2. The van der Waals surface area contributed by atoms with Crippen molar-refractivity contribution in [3.05, 3.63) is 52.4 Å². The molecule has 8 heteroatoms. The Morgan fingerprint density at radius 2 is 2.04 bits per heavy atom. The van der Waals surface area contributed by atoms with Crippen molar-refractivity contribution in [3.8, 4) is 11.6 Å². The Labute approximate surface area is 153 Å². The van der Waals surface area contributed by atoms with Crippen LogP contribution in [0.15, 0.2) is 41.0 Å². The number of rotatable bonds is 5. The Bertz CT molecular complexity index is 798. The van der Waals surface area contributed by atoms with Crippen LogP contribution in [-0.4, -0.2) is 41.8 Å². The molecule has 0 aliphatic carbocycles. The van der Waals surface area contributed by atoms with E-state index in [1.807, 2.05) is 0 Å². The molecule has 1 heterocycles. The third-order valence-electron chi connectivity index (χ3n) is 3.28. The average Bonchev–Trinajstić information content (AvgIpc) is 2.56. The number of amides is 2.